The number of carbonyl (C=O) groups is 1. The van der Waals surface area contributed by atoms with Crippen molar-refractivity contribution in [1.29, 1.82) is 0 Å². The third kappa shape index (κ3) is 3.98. The van der Waals surface area contributed by atoms with Crippen LogP contribution in [0.15, 0.2) is 66.3 Å². The summed E-state index contributed by atoms with van der Waals surface area (Å²) in [7, 11) is 0. The monoisotopic (exact) mass is 341 g/mol. The third-order valence-corrected chi connectivity index (χ3v) is 4.26. The van der Waals surface area contributed by atoms with E-state index in [0.29, 0.717) is 18.5 Å². The van der Waals surface area contributed by atoms with Crippen LogP contribution in [0, 0.1) is 0 Å². The van der Waals surface area contributed by atoms with Crippen molar-refractivity contribution >= 4 is 28.3 Å². The molecule has 3 nitrogen and oxygen atoms in total. The summed E-state index contributed by atoms with van der Waals surface area (Å²) in [5, 5.41) is 5.10. The van der Waals surface area contributed by atoms with E-state index in [1.54, 1.807) is 6.08 Å². The highest BCUT2D eigenvalue weighted by atomic mass is 35.5. The minimum Gasteiger partial charge on any atom is -0.488 e. The van der Waals surface area contributed by atoms with Gasteiger partial charge in [0.25, 0.3) is 5.91 Å². The van der Waals surface area contributed by atoms with Crippen molar-refractivity contribution in [2.75, 3.05) is 6.54 Å². The summed E-state index contributed by atoms with van der Waals surface area (Å²) in [5.41, 5.74) is 0.657. The minimum absolute atomic E-state index is 0.0184. The summed E-state index contributed by atoms with van der Waals surface area (Å²) in [4.78, 5) is 12.1. The second-order valence-corrected chi connectivity index (χ2v) is 6.45. The maximum Gasteiger partial charge on any atom is 0.251 e. The number of alkyl halides is 1. The zero-order chi connectivity index (χ0) is 16.9. The molecule has 2 aromatic rings. The molecule has 4 heteroatoms. The Bertz CT molecular complexity index is 792. The molecule has 0 bridgehead atoms. The van der Waals surface area contributed by atoms with E-state index < -0.39 is 0 Å². The Labute approximate surface area is 147 Å². The van der Waals surface area contributed by atoms with E-state index in [1.165, 1.54) is 0 Å². The Balaban J connectivity index is 1.58. The van der Waals surface area contributed by atoms with Gasteiger partial charge in [0.15, 0.2) is 0 Å². The van der Waals surface area contributed by atoms with Gasteiger partial charge in [-0.2, -0.15) is 0 Å². The molecule has 0 aliphatic heterocycles. The van der Waals surface area contributed by atoms with Gasteiger partial charge in [-0.05, 0) is 24.8 Å². The summed E-state index contributed by atoms with van der Waals surface area (Å²) >= 11 is 5.97. The highest BCUT2D eigenvalue weighted by Crippen LogP contribution is 2.26. The maximum absolute atomic E-state index is 12.1. The topological polar surface area (TPSA) is 38.3 Å². The van der Waals surface area contributed by atoms with E-state index in [0.717, 1.165) is 16.5 Å². The van der Waals surface area contributed by atoms with Crippen molar-refractivity contribution in [3.63, 3.8) is 0 Å². The smallest absolute Gasteiger partial charge is 0.251 e. The molecule has 1 aliphatic rings. The first-order chi connectivity index (χ1) is 11.6. The van der Waals surface area contributed by atoms with Crippen molar-refractivity contribution in [3.05, 3.63) is 66.3 Å². The normalized spacial score (nSPS) is 18.1. The summed E-state index contributed by atoms with van der Waals surface area (Å²) in [5.74, 6) is 0.736. The fraction of sp³-hybridized carbons (Fsp3) is 0.250. The minimum atomic E-state index is -0.131. The largest absolute Gasteiger partial charge is 0.488 e. The van der Waals surface area contributed by atoms with Crippen molar-refractivity contribution in [1.82, 2.24) is 5.32 Å². The van der Waals surface area contributed by atoms with Gasteiger partial charge in [0.1, 0.15) is 11.9 Å². The van der Waals surface area contributed by atoms with E-state index in [-0.39, 0.29) is 17.4 Å². The van der Waals surface area contributed by atoms with Crippen LogP contribution in [0.2, 0.25) is 0 Å². The molecule has 3 rings (SSSR count). The fourth-order valence-electron chi connectivity index (χ4n) is 2.66. The molecule has 0 saturated carbocycles. The summed E-state index contributed by atoms with van der Waals surface area (Å²) < 4.78 is 6.01. The van der Waals surface area contributed by atoms with Crippen LogP contribution in [-0.4, -0.2) is 23.9 Å². The molecule has 124 valence electrons. The van der Waals surface area contributed by atoms with Gasteiger partial charge in [0.2, 0.25) is 0 Å². The first kappa shape index (κ1) is 16.6. The lowest BCUT2D eigenvalue weighted by Gasteiger charge is -2.18. The van der Waals surface area contributed by atoms with Gasteiger partial charge in [-0.3, -0.25) is 4.79 Å². The summed E-state index contributed by atoms with van der Waals surface area (Å²) in [6, 6.07) is 14.1. The molecule has 1 N–H and O–H groups in total. The van der Waals surface area contributed by atoms with Crippen LogP contribution in [0.25, 0.3) is 10.8 Å². The highest BCUT2D eigenvalue weighted by molar-refractivity contribution is 6.22. The van der Waals surface area contributed by atoms with E-state index in [2.05, 4.69) is 17.4 Å². The van der Waals surface area contributed by atoms with Gasteiger partial charge >= 0.3 is 0 Å². The molecule has 0 radical (unpaired) electrons. The van der Waals surface area contributed by atoms with Crippen LogP contribution >= 0.6 is 11.6 Å². The van der Waals surface area contributed by atoms with Crippen molar-refractivity contribution in [2.24, 2.45) is 0 Å². The Kier molecular flexibility index (Phi) is 5.21. The predicted molar refractivity (Wildman–Crippen MR) is 98.5 cm³/mol. The zero-order valence-electron chi connectivity index (χ0n) is 13.5. The van der Waals surface area contributed by atoms with Crippen molar-refractivity contribution < 1.29 is 9.53 Å². The molecule has 0 spiro atoms. The van der Waals surface area contributed by atoms with E-state index >= 15 is 0 Å². The average molecular weight is 342 g/mol. The van der Waals surface area contributed by atoms with Gasteiger partial charge in [0, 0.05) is 11.0 Å². The van der Waals surface area contributed by atoms with Gasteiger partial charge in [-0.25, -0.2) is 0 Å². The van der Waals surface area contributed by atoms with Gasteiger partial charge in [0.05, 0.1) is 11.9 Å². The summed E-state index contributed by atoms with van der Waals surface area (Å²) in [6.07, 6.45) is 6.03. The molecule has 1 aliphatic carbocycles. The molecule has 2 aromatic carbocycles. The number of halogens is 1. The number of benzene rings is 2. The van der Waals surface area contributed by atoms with Crippen LogP contribution in [0.3, 0.4) is 0 Å². The predicted octanol–water partition coefficient (Wildman–Crippen LogP) is 4.22. The second kappa shape index (κ2) is 7.54. The molecular formula is C20H20ClNO2. The number of amides is 1. The lowest BCUT2D eigenvalue weighted by Crippen LogP contribution is -2.34. The lowest BCUT2D eigenvalue weighted by molar-refractivity contribution is -0.117. The Morgan fingerprint density at radius 3 is 2.88 bits per heavy atom. The summed E-state index contributed by atoms with van der Waals surface area (Å²) in [6.45, 7) is 2.39. The number of fused-ring (bicyclic) bond motifs is 1. The molecular weight excluding hydrogens is 322 g/mol. The highest BCUT2D eigenvalue weighted by Gasteiger charge is 2.13. The fourth-order valence-corrected chi connectivity index (χ4v) is 2.82. The van der Waals surface area contributed by atoms with E-state index in [9.17, 15) is 4.79 Å². The Hall–Kier alpha value is -2.26. The molecule has 0 aromatic heterocycles. The second-order valence-electron chi connectivity index (χ2n) is 5.89. The Morgan fingerprint density at radius 2 is 2.08 bits per heavy atom. The number of hydrogen-bond donors (Lipinski definition) is 1. The van der Waals surface area contributed by atoms with Crippen LogP contribution in [-0.2, 0) is 4.79 Å². The van der Waals surface area contributed by atoms with Gasteiger partial charge in [-0.15, -0.1) is 11.6 Å². The third-order valence-electron chi connectivity index (χ3n) is 3.94. The molecule has 2 unspecified atom stereocenters. The maximum atomic E-state index is 12.1. The Morgan fingerprint density at radius 1 is 1.29 bits per heavy atom. The average Bonchev–Trinajstić information content (AvgIpc) is 2.61. The van der Waals surface area contributed by atoms with Crippen LogP contribution in [0.4, 0.5) is 0 Å². The lowest BCUT2D eigenvalue weighted by atomic mass is 10.1. The number of rotatable bonds is 5. The van der Waals surface area contributed by atoms with Gasteiger partial charge in [-0.1, -0.05) is 54.6 Å². The standard InChI is InChI=1S/C20H20ClNO2/c1-14(13-22-20(23)16-9-11-17(21)12-10-16)24-19-8-4-6-15-5-2-3-7-18(15)19/h2-11,14,17H,12-13H2,1H3,(H,22,23). The quantitative estimate of drug-likeness (QED) is 0.827. The van der Waals surface area contributed by atoms with E-state index in [4.69, 9.17) is 16.3 Å². The zero-order valence-corrected chi connectivity index (χ0v) is 14.3. The van der Waals surface area contributed by atoms with Gasteiger partial charge < -0.3 is 10.1 Å². The molecule has 2 atom stereocenters. The molecule has 0 saturated heterocycles. The van der Waals surface area contributed by atoms with Crippen molar-refractivity contribution in [3.8, 4) is 5.75 Å². The molecule has 24 heavy (non-hydrogen) atoms. The first-order valence-electron chi connectivity index (χ1n) is 8.08. The first-order valence-corrected chi connectivity index (χ1v) is 8.52. The number of hydrogen-bond acceptors (Lipinski definition) is 2. The number of ether oxygens (including phenoxy) is 1. The van der Waals surface area contributed by atoms with Crippen LogP contribution in [0.5, 0.6) is 5.75 Å². The number of nitrogens with one attached hydrogen (secondary N) is 1. The van der Waals surface area contributed by atoms with Crippen LogP contribution < -0.4 is 10.1 Å². The SMILES string of the molecule is CC(CNC(=O)C1=CCC(Cl)C=C1)Oc1cccc2ccccc12. The molecule has 0 heterocycles. The number of allylic oxidation sites excluding steroid dienone is 2. The number of carbonyl (C=O) groups excluding carboxylic acids is 1. The van der Waals surface area contributed by atoms with Crippen LogP contribution in [0.1, 0.15) is 13.3 Å². The molecule has 1 amide bonds. The van der Waals surface area contributed by atoms with E-state index in [1.807, 2.05) is 49.4 Å². The molecule has 0 fully saturated rings. The van der Waals surface area contributed by atoms with Crippen molar-refractivity contribution in [2.45, 2.75) is 24.8 Å².